The molecule has 1 aliphatic rings. The predicted octanol–water partition coefficient (Wildman–Crippen LogP) is 3.11. The van der Waals surface area contributed by atoms with Gasteiger partial charge in [-0.2, -0.15) is 4.31 Å². The van der Waals surface area contributed by atoms with Crippen LogP contribution in [-0.4, -0.2) is 59.7 Å². The van der Waals surface area contributed by atoms with Crippen LogP contribution in [0.4, 0.5) is 0 Å². The Bertz CT molecular complexity index is 1110. The van der Waals surface area contributed by atoms with E-state index >= 15 is 0 Å². The quantitative estimate of drug-likeness (QED) is 0.558. The van der Waals surface area contributed by atoms with E-state index in [0.29, 0.717) is 28.7 Å². The molecule has 150 valence electrons. The largest absolute Gasteiger partial charge is 0.336 e. The van der Waals surface area contributed by atoms with Gasteiger partial charge in [-0.05, 0) is 28.1 Å². The van der Waals surface area contributed by atoms with Crippen molar-refractivity contribution in [2.75, 3.05) is 26.2 Å². The zero-order valence-electron chi connectivity index (χ0n) is 15.2. The van der Waals surface area contributed by atoms with Crippen LogP contribution in [0.25, 0.3) is 11.4 Å². The van der Waals surface area contributed by atoms with Gasteiger partial charge >= 0.3 is 0 Å². The summed E-state index contributed by atoms with van der Waals surface area (Å²) < 4.78 is 27.9. The molecule has 0 spiro atoms. The van der Waals surface area contributed by atoms with Gasteiger partial charge in [-0.25, -0.2) is 18.4 Å². The van der Waals surface area contributed by atoms with Gasteiger partial charge in [0.15, 0.2) is 5.82 Å². The monoisotopic (exact) mass is 492 g/mol. The molecule has 4 rings (SSSR count). The van der Waals surface area contributed by atoms with Crippen molar-refractivity contribution < 1.29 is 13.2 Å². The van der Waals surface area contributed by atoms with Crippen molar-refractivity contribution in [3.8, 4) is 11.4 Å². The topological polar surface area (TPSA) is 83.5 Å². The van der Waals surface area contributed by atoms with Crippen molar-refractivity contribution in [3.63, 3.8) is 0 Å². The number of thiophene rings is 1. The second-order valence-corrected chi connectivity index (χ2v) is 11.0. The molecule has 1 aromatic carbocycles. The highest BCUT2D eigenvalue weighted by molar-refractivity contribution is 9.11. The lowest BCUT2D eigenvalue weighted by Gasteiger charge is -2.33. The number of carbonyl (C=O) groups excluding carboxylic acids is 1. The normalized spacial score (nSPS) is 15.4. The highest BCUT2D eigenvalue weighted by Crippen LogP contribution is 2.29. The maximum Gasteiger partial charge on any atom is 0.257 e. The van der Waals surface area contributed by atoms with Crippen LogP contribution in [0, 0.1) is 0 Å². The lowest BCUT2D eigenvalue weighted by atomic mass is 10.2. The molecule has 3 aromatic rings. The number of sulfonamides is 1. The lowest BCUT2D eigenvalue weighted by Crippen LogP contribution is -2.50. The van der Waals surface area contributed by atoms with E-state index < -0.39 is 10.0 Å². The first-order chi connectivity index (χ1) is 13.9. The molecule has 1 saturated heterocycles. The molecule has 0 N–H and O–H groups in total. The van der Waals surface area contributed by atoms with Crippen LogP contribution in [0.5, 0.6) is 0 Å². The zero-order chi connectivity index (χ0) is 20.4. The van der Waals surface area contributed by atoms with Crippen molar-refractivity contribution >= 4 is 43.2 Å². The Morgan fingerprint density at radius 3 is 2.21 bits per heavy atom. The predicted molar refractivity (Wildman–Crippen MR) is 114 cm³/mol. The van der Waals surface area contributed by atoms with Gasteiger partial charge in [-0.1, -0.05) is 30.3 Å². The third kappa shape index (κ3) is 4.25. The molecule has 1 fully saturated rings. The summed E-state index contributed by atoms with van der Waals surface area (Å²) in [6, 6.07) is 12.8. The lowest BCUT2D eigenvalue weighted by molar-refractivity contribution is 0.0697. The SMILES string of the molecule is O=C(c1cnc(-c2ccccc2)nc1)N1CCN(S(=O)(=O)c2ccc(Br)s2)CC1. The van der Waals surface area contributed by atoms with E-state index in [1.807, 2.05) is 30.3 Å². The van der Waals surface area contributed by atoms with E-state index in [9.17, 15) is 13.2 Å². The number of hydrogen-bond donors (Lipinski definition) is 0. The number of carbonyl (C=O) groups is 1. The molecule has 10 heteroatoms. The maximum atomic E-state index is 12.8. The molecular weight excluding hydrogens is 476 g/mol. The highest BCUT2D eigenvalue weighted by atomic mass is 79.9. The molecule has 0 bridgehead atoms. The van der Waals surface area contributed by atoms with E-state index in [2.05, 4.69) is 25.9 Å². The summed E-state index contributed by atoms with van der Waals surface area (Å²) in [5.41, 5.74) is 1.27. The fourth-order valence-corrected chi connectivity index (χ4v) is 6.64. The minimum absolute atomic E-state index is 0.194. The van der Waals surface area contributed by atoms with Gasteiger partial charge in [0, 0.05) is 44.1 Å². The van der Waals surface area contributed by atoms with Gasteiger partial charge in [-0.15, -0.1) is 11.3 Å². The molecule has 0 aliphatic carbocycles. The van der Waals surface area contributed by atoms with Gasteiger partial charge in [0.25, 0.3) is 15.9 Å². The Balaban J connectivity index is 1.41. The van der Waals surface area contributed by atoms with E-state index in [4.69, 9.17) is 0 Å². The second-order valence-electron chi connectivity index (χ2n) is 6.42. The van der Waals surface area contributed by atoms with Crippen molar-refractivity contribution in [3.05, 3.63) is 64.2 Å². The zero-order valence-corrected chi connectivity index (χ0v) is 18.5. The van der Waals surface area contributed by atoms with E-state index in [-0.39, 0.29) is 19.0 Å². The number of benzene rings is 1. The number of rotatable bonds is 4. The molecule has 1 aliphatic heterocycles. The molecule has 0 radical (unpaired) electrons. The van der Waals surface area contributed by atoms with Crippen LogP contribution in [0.3, 0.4) is 0 Å². The minimum Gasteiger partial charge on any atom is -0.336 e. The number of hydrogen-bond acceptors (Lipinski definition) is 6. The number of aromatic nitrogens is 2. The van der Waals surface area contributed by atoms with Gasteiger partial charge in [0.1, 0.15) is 4.21 Å². The van der Waals surface area contributed by atoms with Gasteiger partial charge in [-0.3, -0.25) is 4.79 Å². The van der Waals surface area contributed by atoms with E-state index in [0.717, 1.165) is 9.35 Å². The average molecular weight is 493 g/mol. The summed E-state index contributed by atoms with van der Waals surface area (Å²) in [7, 11) is -3.53. The Hall–Kier alpha value is -2.14. The van der Waals surface area contributed by atoms with Crippen LogP contribution in [0.15, 0.2) is 62.9 Å². The highest BCUT2D eigenvalue weighted by Gasteiger charge is 2.31. The molecular formula is C19H17BrN4O3S2. The Kier molecular flexibility index (Phi) is 5.77. The summed E-state index contributed by atoms with van der Waals surface area (Å²) in [6.45, 7) is 1.16. The van der Waals surface area contributed by atoms with Crippen LogP contribution in [0.2, 0.25) is 0 Å². The molecule has 0 saturated carbocycles. The Morgan fingerprint density at radius 2 is 1.62 bits per heavy atom. The van der Waals surface area contributed by atoms with Crippen molar-refractivity contribution in [2.45, 2.75) is 4.21 Å². The molecule has 3 heterocycles. The van der Waals surface area contributed by atoms with Gasteiger partial charge < -0.3 is 4.90 Å². The number of piperazine rings is 1. The standard InChI is InChI=1S/C19H17BrN4O3S2/c20-16-6-7-17(28-16)29(26,27)24-10-8-23(9-11-24)19(25)15-12-21-18(22-13-15)14-4-2-1-3-5-14/h1-7,12-13H,8-11H2. The van der Waals surface area contributed by atoms with Crippen LogP contribution in [-0.2, 0) is 10.0 Å². The Labute approximate surface area is 181 Å². The molecule has 2 aromatic heterocycles. The fraction of sp³-hybridized carbons (Fsp3) is 0.211. The fourth-order valence-electron chi connectivity index (χ4n) is 3.05. The van der Waals surface area contributed by atoms with Crippen LogP contribution >= 0.6 is 27.3 Å². The second kappa shape index (κ2) is 8.31. The molecule has 0 atom stereocenters. The summed E-state index contributed by atoms with van der Waals surface area (Å²) >= 11 is 4.48. The first-order valence-corrected chi connectivity index (χ1v) is 11.9. The Morgan fingerprint density at radius 1 is 0.966 bits per heavy atom. The summed E-state index contributed by atoms with van der Waals surface area (Å²) in [5, 5.41) is 0. The van der Waals surface area contributed by atoms with Crippen molar-refractivity contribution in [2.24, 2.45) is 0 Å². The maximum absolute atomic E-state index is 12.8. The van der Waals surface area contributed by atoms with Crippen LogP contribution < -0.4 is 0 Å². The van der Waals surface area contributed by atoms with Gasteiger partial charge in [0.2, 0.25) is 0 Å². The number of halogens is 1. The average Bonchev–Trinajstić information content (AvgIpc) is 3.21. The summed E-state index contributed by atoms with van der Waals surface area (Å²) in [4.78, 5) is 23.0. The summed E-state index contributed by atoms with van der Waals surface area (Å²) in [6.07, 6.45) is 3.04. The molecule has 7 nitrogen and oxygen atoms in total. The molecule has 1 amide bonds. The number of amides is 1. The van der Waals surface area contributed by atoms with Gasteiger partial charge in [0.05, 0.1) is 9.35 Å². The van der Waals surface area contributed by atoms with E-state index in [1.54, 1.807) is 17.0 Å². The van der Waals surface area contributed by atoms with Crippen molar-refractivity contribution in [1.82, 2.24) is 19.2 Å². The first-order valence-electron chi connectivity index (χ1n) is 8.87. The number of nitrogens with zero attached hydrogens (tertiary/aromatic N) is 4. The van der Waals surface area contributed by atoms with Crippen LogP contribution in [0.1, 0.15) is 10.4 Å². The van der Waals surface area contributed by atoms with E-state index in [1.165, 1.54) is 28.0 Å². The molecule has 29 heavy (non-hydrogen) atoms. The molecule has 0 unspecified atom stereocenters. The smallest absolute Gasteiger partial charge is 0.257 e. The van der Waals surface area contributed by atoms with Crippen molar-refractivity contribution in [1.29, 1.82) is 0 Å². The minimum atomic E-state index is -3.53. The first kappa shape index (κ1) is 20.1. The third-order valence-electron chi connectivity index (χ3n) is 4.60. The summed E-state index contributed by atoms with van der Waals surface area (Å²) in [5.74, 6) is 0.362. The third-order valence-corrected chi connectivity index (χ3v) is 8.59.